The first-order valence-corrected chi connectivity index (χ1v) is 5.83. The Morgan fingerprint density at radius 2 is 2.21 bits per heavy atom. The van der Waals surface area contributed by atoms with Crippen molar-refractivity contribution >= 4 is 11.7 Å². The molecule has 0 radical (unpaired) electrons. The molecule has 1 unspecified atom stereocenters. The average molecular weight is 262 g/mol. The third-order valence-electron chi connectivity index (χ3n) is 2.55. The molecule has 0 fully saturated rings. The zero-order chi connectivity index (χ0) is 14.3. The van der Waals surface area contributed by atoms with E-state index in [1.165, 1.54) is 13.0 Å². The molecule has 1 aromatic carbocycles. The van der Waals surface area contributed by atoms with Crippen LogP contribution in [0.4, 0.5) is 5.69 Å². The number of ether oxygens (including phenoxy) is 1. The first-order valence-electron chi connectivity index (χ1n) is 5.83. The SMILES string of the molecule is CC(=O)OC(C#N)CCCc1ccccc1[N+](=O)[O-]. The number of carbonyl (C=O) groups is 1. The van der Waals surface area contributed by atoms with Gasteiger partial charge in [-0.05, 0) is 19.3 Å². The van der Waals surface area contributed by atoms with E-state index in [9.17, 15) is 14.9 Å². The zero-order valence-corrected chi connectivity index (χ0v) is 10.5. The Kier molecular flexibility index (Phi) is 5.48. The highest BCUT2D eigenvalue weighted by Gasteiger charge is 2.14. The molecule has 0 bridgehead atoms. The van der Waals surface area contributed by atoms with E-state index >= 15 is 0 Å². The van der Waals surface area contributed by atoms with Gasteiger partial charge in [0.2, 0.25) is 0 Å². The highest BCUT2D eigenvalue weighted by Crippen LogP contribution is 2.20. The smallest absolute Gasteiger partial charge is 0.303 e. The van der Waals surface area contributed by atoms with Crippen LogP contribution in [0.3, 0.4) is 0 Å². The molecule has 1 rings (SSSR count). The van der Waals surface area contributed by atoms with E-state index in [4.69, 9.17) is 10.00 Å². The second-order valence-corrected chi connectivity index (χ2v) is 4.01. The van der Waals surface area contributed by atoms with Crippen LogP contribution in [-0.2, 0) is 16.0 Å². The molecule has 100 valence electrons. The van der Waals surface area contributed by atoms with Crippen molar-refractivity contribution in [1.82, 2.24) is 0 Å². The number of para-hydroxylation sites is 1. The van der Waals surface area contributed by atoms with Gasteiger partial charge in [0.25, 0.3) is 5.69 Å². The van der Waals surface area contributed by atoms with Gasteiger partial charge in [-0.15, -0.1) is 0 Å². The molecule has 19 heavy (non-hydrogen) atoms. The van der Waals surface area contributed by atoms with Crippen LogP contribution in [0.15, 0.2) is 24.3 Å². The van der Waals surface area contributed by atoms with E-state index in [-0.39, 0.29) is 5.69 Å². The van der Waals surface area contributed by atoms with E-state index in [1.807, 2.05) is 6.07 Å². The highest BCUT2D eigenvalue weighted by atomic mass is 16.6. The van der Waals surface area contributed by atoms with Crippen LogP contribution in [0.2, 0.25) is 0 Å². The minimum absolute atomic E-state index is 0.0727. The van der Waals surface area contributed by atoms with E-state index in [1.54, 1.807) is 18.2 Å². The summed E-state index contributed by atoms with van der Waals surface area (Å²) in [6, 6.07) is 8.36. The number of nitrogens with zero attached hydrogens (tertiary/aromatic N) is 2. The molecule has 6 heteroatoms. The van der Waals surface area contributed by atoms with Crippen LogP contribution in [-0.4, -0.2) is 17.0 Å². The molecular formula is C13H14N2O4. The van der Waals surface area contributed by atoms with Gasteiger partial charge in [0.05, 0.1) is 4.92 Å². The average Bonchev–Trinajstić information content (AvgIpc) is 2.37. The van der Waals surface area contributed by atoms with Gasteiger partial charge in [-0.2, -0.15) is 5.26 Å². The molecule has 0 saturated carbocycles. The maximum absolute atomic E-state index is 10.8. The molecule has 1 aromatic rings. The number of aryl methyl sites for hydroxylation is 1. The van der Waals surface area contributed by atoms with Gasteiger partial charge in [-0.25, -0.2) is 0 Å². The molecule has 0 aliphatic carbocycles. The lowest BCUT2D eigenvalue weighted by atomic mass is 10.0. The van der Waals surface area contributed by atoms with Crippen molar-refractivity contribution in [2.75, 3.05) is 0 Å². The normalized spacial score (nSPS) is 11.4. The molecule has 0 aromatic heterocycles. The van der Waals surface area contributed by atoms with Gasteiger partial charge >= 0.3 is 5.97 Å². The summed E-state index contributed by atoms with van der Waals surface area (Å²) >= 11 is 0. The Labute approximate surface area is 110 Å². The lowest BCUT2D eigenvalue weighted by Crippen LogP contribution is -2.14. The second kappa shape index (κ2) is 7.11. The number of carbonyl (C=O) groups excluding carboxylic acids is 1. The first-order chi connectivity index (χ1) is 9.04. The molecule has 0 heterocycles. The van der Waals surface area contributed by atoms with Crippen LogP contribution in [0.25, 0.3) is 0 Å². The number of rotatable bonds is 6. The van der Waals surface area contributed by atoms with Crippen molar-refractivity contribution in [3.63, 3.8) is 0 Å². The fraction of sp³-hybridized carbons (Fsp3) is 0.385. The lowest BCUT2D eigenvalue weighted by molar-refractivity contribution is -0.385. The van der Waals surface area contributed by atoms with Gasteiger partial charge in [0.1, 0.15) is 6.07 Å². The zero-order valence-electron chi connectivity index (χ0n) is 10.5. The van der Waals surface area contributed by atoms with Crippen molar-refractivity contribution in [2.24, 2.45) is 0 Å². The maximum atomic E-state index is 10.8. The number of nitriles is 1. The Balaban J connectivity index is 2.56. The predicted octanol–water partition coefficient (Wildman–Crippen LogP) is 2.37. The Morgan fingerprint density at radius 1 is 1.53 bits per heavy atom. The summed E-state index contributed by atoms with van der Waals surface area (Å²) in [6.45, 7) is 1.24. The summed E-state index contributed by atoms with van der Waals surface area (Å²) in [5, 5.41) is 19.6. The van der Waals surface area contributed by atoms with Crippen molar-refractivity contribution < 1.29 is 14.5 Å². The fourth-order valence-electron chi connectivity index (χ4n) is 1.73. The molecule has 0 amide bonds. The number of nitro benzene ring substituents is 1. The molecule has 0 aliphatic rings. The van der Waals surface area contributed by atoms with Crippen molar-refractivity contribution in [2.45, 2.75) is 32.3 Å². The minimum atomic E-state index is -0.791. The second-order valence-electron chi connectivity index (χ2n) is 4.01. The number of esters is 1. The number of hydrogen-bond donors (Lipinski definition) is 0. The summed E-state index contributed by atoms with van der Waals surface area (Å²) in [6.07, 6.45) is 0.579. The van der Waals surface area contributed by atoms with Gasteiger partial charge in [-0.1, -0.05) is 18.2 Å². The van der Waals surface area contributed by atoms with Gasteiger partial charge in [0.15, 0.2) is 6.10 Å². The van der Waals surface area contributed by atoms with Crippen LogP contribution < -0.4 is 0 Å². The third kappa shape index (κ3) is 4.76. The Bertz CT molecular complexity index is 508. The summed E-state index contributed by atoms with van der Waals surface area (Å²) in [5.74, 6) is -0.503. The summed E-state index contributed by atoms with van der Waals surface area (Å²) in [7, 11) is 0. The van der Waals surface area contributed by atoms with Crippen molar-refractivity contribution in [3.05, 3.63) is 39.9 Å². The van der Waals surface area contributed by atoms with Gasteiger partial charge < -0.3 is 4.74 Å². The predicted molar refractivity (Wildman–Crippen MR) is 67.2 cm³/mol. The number of benzene rings is 1. The maximum Gasteiger partial charge on any atom is 0.303 e. The summed E-state index contributed by atoms with van der Waals surface area (Å²) in [5.41, 5.74) is 0.690. The monoisotopic (exact) mass is 262 g/mol. The van der Waals surface area contributed by atoms with Crippen molar-refractivity contribution in [3.8, 4) is 6.07 Å². The number of nitro groups is 1. The highest BCUT2D eigenvalue weighted by molar-refractivity contribution is 5.66. The van der Waals surface area contributed by atoms with Crippen LogP contribution in [0.1, 0.15) is 25.3 Å². The van der Waals surface area contributed by atoms with E-state index in [0.29, 0.717) is 24.8 Å². The molecule has 0 aliphatic heterocycles. The fourth-order valence-corrected chi connectivity index (χ4v) is 1.73. The largest absolute Gasteiger partial charge is 0.447 e. The Hall–Kier alpha value is -2.42. The molecule has 1 atom stereocenters. The Morgan fingerprint density at radius 3 is 2.79 bits per heavy atom. The van der Waals surface area contributed by atoms with E-state index in [0.717, 1.165) is 0 Å². The van der Waals surface area contributed by atoms with Gasteiger partial charge in [0, 0.05) is 18.6 Å². The topological polar surface area (TPSA) is 93.2 Å². The molecule has 6 nitrogen and oxygen atoms in total. The van der Waals surface area contributed by atoms with Crippen LogP contribution in [0.5, 0.6) is 0 Å². The minimum Gasteiger partial charge on any atom is -0.447 e. The molecule has 0 saturated heterocycles. The van der Waals surface area contributed by atoms with Crippen molar-refractivity contribution in [1.29, 1.82) is 5.26 Å². The first kappa shape index (κ1) is 14.6. The van der Waals surface area contributed by atoms with Crippen LogP contribution >= 0.6 is 0 Å². The summed E-state index contributed by atoms with van der Waals surface area (Å²) < 4.78 is 4.78. The van der Waals surface area contributed by atoms with Gasteiger partial charge in [-0.3, -0.25) is 14.9 Å². The van der Waals surface area contributed by atoms with E-state index in [2.05, 4.69) is 0 Å². The quantitative estimate of drug-likeness (QED) is 0.445. The third-order valence-corrected chi connectivity index (χ3v) is 2.55. The molecular weight excluding hydrogens is 248 g/mol. The molecule has 0 spiro atoms. The van der Waals surface area contributed by atoms with E-state index < -0.39 is 17.0 Å². The lowest BCUT2D eigenvalue weighted by Gasteiger charge is -2.09. The number of hydrogen-bond acceptors (Lipinski definition) is 5. The van der Waals surface area contributed by atoms with Crippen LogP contribution in [0, 0.1) is 21.4 Å². The molecule has 0 N–H and O–H groups in total. The summed E-state index contributed by atoms with van der Waals surface area (Å²) in [4.78, 5) is 21.1. The standard InChI is InChI=1S/C13H14N2O4/c1-10(16)19-12(9-14)7-4-6-11-5-2-3-8-13(11)15(17)18/h2-3,5,8,12H,4,6-7H2,1H3.